The predicted molar refractivity (Wildman–Crippen MR) is 57.8 cm³/mol. The molecule has 0 fully saturated rings. The van der Waals surface area contributed by atoms with E-state index in [4.69, 9.17) is 14.2 Å². The Labute approximate surface area is 91.9 Å². The predicted octanol–water partition coefficient (Wildman–Crippen LogP) is 1.77. The second-order valence-corrected chi connectivity index (χ2v) is 3.44. The van der Waals surface area contributed by atoms with E-state index in [1.54, 1.807) is 6.92 Å². The smallest absolute Gasteiger partial charge is 0.335 e. The van der Waals surface area contributed by atoms with E-state index < -0.39 is 6.10 Å². The first-order chi connectivity index (χ1) is 7.11. The summed E-state index contributed by atoms with van der Waals surface area (Å²) in [7, 11) is 0. The second-order valence-electron chi connectivity index (χ2n) is 3.44. The maximum atomic E-state index is 11.3. The molecule has 0 aliphatic heterocycles. The summed E-state index contributed by atoms with van der Waals surface area (Å²) in [5.41, 5.74) is 0. The van der Waals surface area contributed by atoms with Gasteiger partial charge in [0.05, 0.1) is 25.9 Å². The lowest BCUT2D eigenvalue weighted by Gasteiger charge is -2.15. The third-order valence-electron chi connectivity index (χ3n) is 1.77. The quantitative estimate of drug-likeness (QED) is 0.460. The molecule has 90 valence electrons. The van der Waals surface area contributed by atoms with Crippen LogP contribution in [0.2, 0.25) is 0 Å². The van der Waals surface area contributed by atoms with Crippen molar-refractivity contribution in [2.75, 3.05) is 19.8 Å². The highest BCUT2D eigenvalue weighted by molar-refractivity contribution is 5.74. The summed E-state index contributed by atoms with van der Waals surface area (Å²) in [4.78, 5) is 11.3. The molecule has 0 aromatic heterocycles. The molecule has 0 bridgehead atoms. The first kappa shape index (κ1) is 14.4. The summed E-state index contributed by atoms with van der Waals surface area (Å²) in [5, 5.41) is 0. The van der Waals surface area contributed by atoms with Crippen molar-refractivity contribution in [1.29, 1.82) is 0 Å². The van der Waals surface area contributed by atoms with Crippen LogP contribution in [0.1, 0.15) is 34.1 Å². The van der Waals surface area contributed by atoms with E-state index in [0.717, 1.165) is 0 Å². The van der Waals surface area contributed by atoms with Gasteiger partial charge in [-0.15, -0.1) is 0 Å². The first-order valence-corrected chi connectivity index (χ1v) is 5.51. The summed E-state index contributed by atoms with van der Waals surface area (Å²) >= 11 is 0. The van der Waals surface area contributed by atoms with E-state index in [2.05, 4.69) is 0 Å². The third-order valence-corrected chi connectivity index (χ3v) is 1.77. The zero-order valence-corrected chi connectivity index (χ0v) is 10.1. The molecule has 1 unspecified atom stereocenters. The van der Waals surface area contributed by atoms with Crippen molar-refractivity contribution >= 4 is 5.97 Å². The molecule has 0 radical (unpaired) electrons. The topological polar surface area (TPSA) is 44.8 Å². The molecule has 0 aromatic carbocycles. The van der Waals surface area contributed by atoms with Crippen LogP contribution in [0.15, 0.2) is 0 Å². The van der Waals surface area contributed by atoms with Crippen LogP contribution in [0, 0.1) is 0 Å². The molecule has 0 aliphatic rings. The molecule has 0 N–H and O–H groups in total. The SMILES string of the molecule is CCOC(=O)C(CC)OCCOC(C)C. The van der Waals surface area contributed by atoms with Crippen molar-refractivity contribution in [1.82, 2.24) is 0 Å². The largest absolute Gasteiger partial charge is 0.464 e. The van der Waals surface area contributed by atoms with Gasteiger partial charge in [0, 0.05) is 0 Å². The fourth-order valence-electron chi connectivity index (χ4n) is 1.06. The summed E-state index contributed by atoms with van der Waals surface area (Å²) < 4.78 is 15.5. The van der Waals surface area contributed by atoms with Crippen LogP contribution >= 0.6 is 0 Å². The highest BCUT2D eigenvalue weighted by Gasteiger charge is 2.17. The number of rotatable bonds is 8. The van der Waals surface area contributed by atoms with Crippen molar-refractivity contribution in [3.05, 3.63) is 0 Å². The van der Waals surface area contributed by atoms with E-state index >= 15 is 0 Å². The zero-order valence-electron chi connectivity index (χ0n) is 10.1. The minimum Gasteiger partial charge on any atom is -0.464 e. The van der Waals surface area contributed by atoms with Gasteiger partial charge in [-0.2, -0.15) is 0 Å². The van der Waals surface area contributed by atoms with Crippen molar-refractivity contribution < 1.29 is 19.0 Å². The fraction of sp³-hybridized carbons (Fsp3) is 0.909. The van der Waals surface area contributed by atoms with Crippen LogP contribution in [0.3, 0.4) is 0 Å². The lowest BCUT2D eigenvalue weighted by atomic mass is 10.3. The number of esters is 1. The molecule has 4 nitrogen and oxygen atoms in total. The van der Waals surface area contributed by atoms with E-state index in [1.165, 1.54) is 0 Å². The van der Waals surface area contributed by atoms with E-state index in [9.17, 15) is 4.79 Å². The average molecular weight is 218 g/mol. The van der Waals surface area contributed by atoms with Gasteiger partial charge in [-0.05, 0) is 27.2 Å². The summed E-state index contributed by atoms with van der Waals surface area (Å²) in [6.45, 7) is 8.92. The number of hydrogen-bond donors (Lipinski definition) is 0. The van der Waals surface area contributed by atoms with Crippen molar-refractivity contribution in [2.45, 2.75) is 46.3 Å². The Kier molecular flexibility index (Phi) is 8.33. The zero-order chi connectivity index (χ0) is 11.7. The third kappa shape index (κ3) is 7.33. The van der Waals surface area contributed by atoms with Crippen LogP contribution in [0.25, 0.3) is 0 Å². The van der Waals surface area contributed by atoms with Crippen molar-refractivity contribution in [2.24, 2.45) is 0 Å². The normalized spacial score (nSPS) is 12.9. The van der Waals surface area contributed by atoms with Gasteiger partial charge >= 0.3 is 5.97 Å². The van der Waals surface area contributed by atoms with Gasteiger partial charge in [-0.1, -0.05) is 6.92 Å². The summed E-state index contributed by atoms with van der Waals surface area (Å²) in [6.07, 6.45) is 0.359. The second kappa shape index (κ2) is 8.68. The molecule has 0 amide bonds. The first-order valence-electron chi connectivity index (χ1n) is 5.51. The average Bonchev–Trinajstić information content (AvgIpc) is 2.17. The van der Waals surface area contributed by atoms with Gasteiger partial charge < -0.3 is 14.2 Å². The van der Waals surface area contributed by atoms with Crippen LogP contribution in [0.5, 0.6) is 0 Å². The molecule has 0 heterocycles. The Morgan fingerprint density at radius 3 is 2.20 bits per heavy atom. The van der Waals surface area contributed by atoms with Crippen LogP contribution < -0.4 is 0 Å². The van der Waals surface area contributed by atoms with Crippen LogP contribution in [0.4, 0.5) is 0 Å². The number of ether oxygens (including phenoxy) is 3. The van der Waals surface area contributed by atoms with Crippen LogP contribution in [-0.2, 0) is 19.0 Å². The highest BCUT2D eigenvalue weighted by Crippen LogP contribution is 2.01. The van der Waals surface area contributed by atoms with Gasteiger partial charge in [-0.3, -0.25) is 0 Å². The molecule has 1 atom stereocenters. The Hall–Kier alpha value is -0.610. The molecule has 0 aliphatic carbocycles. The summed E-state index contributed by atoms with van der Waals surface area (Å²) in [5.74, 6) is -0.287. The molecule has 0 saturated carbocycles. The molecule has 0 aromatic rings. The Morgan fingerprint density at radius 2 is 1.73 bits per heavy atom. The standard InChI is InChI=1S/C11H22O4/c1-5-10(11(12)13-6-2)15-8-7-14-9(3)4/h9-10H,5-8H2,1-4H3. The number of hydrogen-bond acceptors (Lipinski definition) is 4. The molecular weight excluding hydrogens is 196 g/mol. The van der Waals surface area contributed by atoms with E-state index in [0.29, 0.717) is 26.2 Å². The molecule has 15 heavy (non-hydrogen) atoms. The van der Waals surface area contributed by atoms with Crippen LogP contribution in [-0.4, -0.2) is 38.0 Å². The highest BCUT2D eigenvalue weighted by atomic mass is 16.6. The molecular formula is C11H22O4. The van der Waals surface area contributed by atoms with Gasteiger partial charge in [-0.25, -0.2) is 4.79 Å². The fourth-order valence-corrected chi connectivity index (χ4v) is 1.06. The summed E-state index contributed by atoms with van der Waals surface area (Å²) in [6, 6.07) is 0. The molecule has 0 spiro atoms. The molecule has 0 rings (SSSR count). The van der Waals surface area contributed by atoms with E-state index in [1.807, 2.05) is 20.8 Å². The number of carbonyl (C=O) groups is 1. The maximum Gasteiger partial charge on any atom is 0.335 e. The maximum absolute atomic E-state index is 11.3. The minimum absolute atomic E-state index is 0.191. The van der Waals surface area contributed by atoms with Gasteiger partial charge in [0.25, 0.3) is 0 Å². The Bertz CT molecular complexity index is 168. The van der Waals surface area contributed by atoms with Gasteiger partial charge in [0.1, 0.15) is 0 Å². The van der Waals surface area contributed by atoms with Crippen molar-refractivity contribution in [3.8, 4) is 0 Å². The Balaban J connectivity index is 3.65. The monoisotopic (exact) mass is 218 g/mol. The van der Waals surface area contributed by atoms with E-state index in [-0.39, 0.29) is 12.1 Å². The number of carbonyl (C=O) groups excluding carboxylic acids is 1. The molecule has 4 heteroatoms. The van der Waals surface area contributed by atoms with Crippen molar-refractivity contribution in [3.63, 3.8) is 0 Å². The lowest BCUT2D eigenvalue weighted by Crippen LogP contribution is -2.27. The lowest BCUT2D eigenvalue weighted by molar-refractivity contribution is -0.158. The molecule has 0 saturated heterocycles. The van der Waals surface area contributed by atoms with Gasteiger partial charge in [0.2, 0.25) is 0 Å². The Morgan fingerprint density at radius 1 is 1.13 bits per heavy atom. The van der Waals surface area contributed by atoms with Gasteiger partial charge in [0.15, 0.2) is 6.10 Å². The minimum atomic E-state index is -0.458.